The summed E-state index contributed by atoms with van der Waals surface area (Å²) in [5.41, 5.74) is 0.560. The summed E-state index contributed by atoms with van der Waals surface area (Å²) in [6, 6.07) is 7.98. The maximum Gasteiger partial charge on any atom is 0.435 e. The average Bonchev–Trinajstić information content (AvgIpc) is 3.22. The molecule has 3 aromatic rings. The number of alkyl halides is 3. The van der Waals surface area contributed by atoms with Gasteiger partial charge >= 0.3 is 6.18 Å². The Morgan fingerprint density at radius 2 is 1.96 bits per heavy atom. The van der Waals surface area contributed by atoms with Gasteiger partial charge in [0.1, 0.15) is 6.54 Å². The molecule has 136 valence electrons. The molecule has 3 rings (SSSR count). The number of rotatable bonds is 5. The van der Waals surface area contributed by atoms with E-state index in [1.165, 1.54) is 0 Å². The Labute approximate surface area is 145 Å². The highest BCUT2D eigenvalue weighted by Gasteiger charge is 2.33. The Bertz CT molecular complexity index is 899. The van der Waals surface area contributed by atoms with Crippen molar-refractivity contribution in [1.82, 2.24) is 25.2 Å². The lowest BCUT2D eigenvalue weighted by molar-refractivity contribution is -0.141. The second-order valence-electron chi connectivity index (χ2n) is 5.51. The van der Waals surface area contributed by atoms with Crippen molar-refractivity contribution < 1.29 is 22.5 Å². The van der Waals surface area contributed by atoms with Crippen LogP contribution in [-0.4, -0.2) is 25.8 Å². The summed E-state index contributed by atoms with van der Waals surface area (Å²) in [7, 11) is 0. The molecule has 0 unspecified atom stereocenters. The van der Waals surface area contributed by atoms with Gasteiger partial charge in [0, 0.05) is 25.2 Å². The van der Waals surface area contributed by atoms with Crippen LogP contribution in [-0.2, 0) is 24.1 Å². The molecular formula is C16H14F3N5O2. The molecule has 1 amide bonds. The molecule has 2 aromatic heterocycles. The van der Waals surface area contributed by atoms with E-state index in [1.807, 2.05) is 0 Å². The predicted octanol–water partition coefficient (Wildman–Crippen LogP) is 2.58. The van der Waals surface area contributed by atoms with Crippen LogP contribution in [0.2, 0.25) is 0 Å². The molecule has 0 aliphatic carbocycles. The first-order valence-corrected chi connectivity index (χ1v) is 7.58. The van der Waals surface area contributed by atoms with Gasteiger partial charge < -0.3 is 9.84 Å². The number of halogens is 3. The van der Waals surface area contributed by atoms with Crippen LogP contribution in [0.5, 0.6) is 0 Å². The number of hydrogen-bond acceptors (Lipinski definition) is 5. The van der Waals surface area contributed by atoms with E-state index in [4.69, 9.17) is 4.52 Å². The zero-order chi connectivity index (χ0) is 18.7. The first-order chi connectivity index (χ1) is 12.3. The van der Waals surface area contributed by atoms with Gasteiger partial charge in [0.25, 0.3) is 0 Å². The molecule has 7 nitrogen and oxygen atoms in total. The third-order valence-electron chi connectivity index (χ3n) is 3.47. The van der Waals surface area contributed by atoms with Crippen molar-refractivity contribution in [3.63, 3.8) is 0 Å². The average molecular weight is 365 g/mol. The quantitative estimate of drug-likeness (QED) is 0.751. The van der Waals surface area contributed by atoms with Crippen molar-refractivity contribution in [3.05, 3.63) is 53.7 Å². The number of nitrogens with zero attached hydrogens (tertiary/aromatic N) is 4. The SMILES string of the molecule is Cc1nc(-c2ccc(CNC(=O)Cn3ccc(C(F)(F)F)n3)cc2)no1. The molecular weight excluding hydrogens is 351 g/mol. The van der Waals surface area contributed by atoms with E-state index in [1.54, 1.807) is 31.2 Å². The minimum atomic E-state index is -4.53. The van der Waals surface area contributed by atoms with Gasteiger partial charge in [-0.05, 0) is 11.6 Å². The fourth-order valence-corrected chi connectivity index (χ4v) is 2.19. The molecule has 0 bridgehead atoms. The molecule has 1 aromatic carbocycles. The van der Waals surface area contributed by atoms with Crippen LogP contribution in [0.15, 0.2) is 41.1 Å². The molecule has 2 heterocycles. The van der Waals surface area contributed by atoms with E-state index < -0.39 is 17.8 Å². The third kappa shape index (κ3) is 4.26. The van der Waals surface area contributed by atoms with Crippen molar-refractivity contribution in [2.45, 2.75) is 26.2 Å². The Balaban J connectivity index is 1.53. The monoisotopic (exact) mass is 365 g/mol. The first kappa shape index (κ1) is 17.6. The van der Waals surface area contributed by atoms with Gasteiger partial charge in [-0.25, -0.2) is 0 Å². The van der Waals surface area contributed by atoms with Gasteiger partial charge in [-0.15, -0.1) is 0 Å². The van der Waals surface area contributed by atoms with Crippen LogP contribution in [0, 0.1) is 6.92 Å². The fraction of sp³-hybridized carbons (Fsp3) is 0.250. The standard InChI is InChI=1S/C16H14F3N5O2/c1-10-21-15(23-26-10)12-4-2-11(3-5-12)8-20-14(25)9-24-7-6-13(22-24)16(17,18)19/h2-7H,8-9H2,1H3,(H,20,25). The lowest BCUT2D eigenvalue weighted by Crippen LogP contribution is -2.27. The summed E-state index contributed by atoms with van der Waals surface area (Å²) in [4.78, 5) is 16.0. The van der Waals surface area contributed by atoms with E-state index in [2.05, 4.69) is 20.6 Å². The van der Waals surface area contributed by atoms with Crippen LogP contribution in [0.1, 0.15) is 17.1 Å². The van der Waals surface area contributed by atoms with Crippen LogP contribution < -0.4 is 5.32 Å². The lowest BCUT2D eigenvalue weighted by atomic mass is 10.1. The summed E-state index contributed by atoms with van der Waals surface area (Å²) in [6.07, 6.45) is -3.41. The summed E-state index contributed by atoms with van der Waals surface area (Å²) < 4.78 is 43.3. The van der Waals surface area contributed by atoms with Crippen LogP contribution in [0.4, 0.5) is 13.2 Å². The van der Waals surface area contributed by atoms with Crippen molar-refractivity contribution in [2.75, 3.05) is 0 Å². The van der Waals surface area contributed by atoms with Crippen molar-refractivity contribution in [3.8, 4) is 11.4 Å². The number of aromatic nitrogens is 4. The Morgan fingerprint density at radius 1 is 1.23 bits per heavy atom. The van der Waals surface area contributed by atoms with Crippen molar-refractivity contribution in [1.29, 1.82) is 0 Å². The van der Waals surface area contributed by atoms with Gasteiger partial charge in [-0.1, -0.05) is 29.4 Å². The summed E-state index contributed by atoms with van der Waals surface area (Å²) in [6.45, 7) is 1.63. The zero-order valence-corrected chi connectivity index (χ0v) is 13.6. The molecule has 0 saturated carbocycles. The Hall–Kier alpha value is -3.17. The summed E-state index contributed by atoms with van der Waals surface area (Å²) >= 11 is 0. The second kappa shape index (κ2) is 6.98. The number of carbonyl (C=O) groups is 1. The first-order valence-electron chi connectivity index (χ1n) is 7.58. The van der Waals surface area contributed by atoms with E-state index in [0.29, 0.717) is 11.7 Å². The smallest absolute Gasteiger partial charge is 0.350 e. The third-order valence-corrected chi connectivity index (χ3v) is 3.47. The molecule has 0 saturated heterocycles. The van der Waals surface area contributed by atoms with E-state index >= 15 is 0 Å². The maximum atomic E-state index is 12.5. The Morgan fingerprint density at radius 3 is 2.54 bits per heavy atom. The zero-order valence-electron chi connectivity index (χ0n) is 13.6. The van der Waals surface area contributed by atoms with E-state index in [0.717, 1.165) is 28.1 Å². The van der Waals surface area contributed by atoms with Crippen molar-refractivity contribution >= 4 is 5.91 Å². The van der Waals surface area contributed by atoms with Crippen LogP contribution in [0.25, 0.3) is 11.4 Å². The molecule has 0 fully saturated rings. The normalized spacial score (nSPS) is 11.5. The van der Waals surface area contributed by atoms with Gasteiger partial charge in [0.2, 0.25) is 17.6 Å². The molecule has 1 N–H and O–H groups in total. The number of aryl methyl sites for hydroxylation is 1. The Kier molecular flexibility index (Phi) is 4.74. The second-order valence-corrected chi connectivity index (χ2v) is 5.51. The number of benzene rings is 1. The topological polar surface area (TPSA) is 85.8 Å². The van der Waals surface area contributed by atoms with Gasteiger partial charge in [-0.3, -0.25) is 9.48 Å². The largest absolute Gasteiger partial charge is 0.435 e. The molecule has 10 heteroatoms. The lowest BCUT2D eigenvalue weighted by Gasteiger charge is -2.06. The van der Waals surface area contributed by atoms with Gasteiger partial charge in [0.05, 0.1) is 0 Å². The molecule has 0 aliphatic heterocycles. The molecule has 0 radical (unpaired) electrons. The fourth-order valence-electron chi connectivity index (χ4n) is 2.19. The highest BCUT2D eigenvalue weighted by Crippen LogP contribution is 2.27. The predicted molar refractivity (Wildman–Crippen MR) is 83.5 cm³/mol. The molecule has 0 atom stereocenters. The highest BCUT2D eigenvalue weighted by molar-refractivity contribution is 5.75. The van der Waals surface area contributed by atoms with Crippen LogP contribution >= 0.6 is 0 Å². The van der Waals surface area contributed by atoms with E-state index in [9.17, 15) is 18.0 Å². The van der Waals surface area contributed by atoms with Crippen LogP contribution in [0.3, 0.4) is 0 Å². The van der Waals surface area contributed by atoms with Gasteiger partial charge in [-0.2, -0.15) is 23.3 Å². The van der Waals surface area contributed by atoms with Gasteiger partial charge in [0.15, 0.2) is 5.69 Å². The number of carbonyl (C=O) groups excluding carboxylic acids is 1. The summed E-state index contributed by atoms with van der Waals surface area (Å²) in [5.74, 6) is 0.487. The number of hydrogen-bond donors (Lipinski definition) is 1. The summed E-state index contributed by atoms with van der Waals surface area (Å²) in [5, 5.41) is 9.77. The molecule has 0 aliphatic rings. The molecule has 0 spiro atoms. The van der Waals surface area contributed by atoms with E-state index in [-0.39, 0.29) is 13.1 Å². The maximum absolute atomic E-state index is 12.5. The number of amides is 1. The molecule has 26 heavy (non-hydrogen) atoms. The van der Waals surface area contributed by atoms with Crippen molar-refractivity contribution in [2.24, 2.45) is 0 Å². The highest BCUT2D eigenvalue weighted by atomic mass is 19.4. The minimum Gasteiger partial charge on any atom is -0.350 e. The number of nitrogens with one attached hydrogen (secondary N) is 1. The minimum absolute atomic E-state index is 0.234.